The van der Waals surface area contributed by atoms with Crippen molar-refractivity contribution < 1.29 is 27.1 Å². The number of carbonyl (C=O) groups is 1. The average Bonchev–Trinajstić information content (AvgIpc) is 3.64. The van der Waals surface area contributed by atoms with Crippen molar-refractivity contribution in [2.75, 3.05) is 10.6 Å². The predicted octanol–water partition coefficient (Wildman–Crippen LogP) is 5.02. The van der Waals surface area contributed by atoms with Gasteiger partial charge >= 0.3 is 6.18 Å². The number of anilines is 2. The number of nitrogens with zero attached hydrogens (tertiary/aromatic N) is 6. The van der Waals surface area contributed by atoms with Gasteiger partial charge in [-0.1, -0.05) is 0 Å². The summed E-state index contributed by atoms with van der Waals surface area (Å²) in [6, 6.07) is 6.90. The number of carbonyl (C=O) groups excluding carboxylic acids is 1. The van der Waals surface area contributed by atoms with Gasteiger partial charge in [-0.05, 0) is 49.7 Å². The summed E-state index contributed by atoms with van der Waals surface area (Å²) in [7, 11) is 0. The molecule has 0 aliphatic carbocycles. The Morgan fingerprint density at radius 2 is 1.90 bits per heavy atom. The lowest BCUT2D eigenvalue weighted by Crippen LogP contribution is -2.31. The van der Waals surface area contributed by atoms with Crippen LogP contribution in [-0.4, -0.2) is 30.1 Å². The summed E-state index contributed by atoms with van der Waals surface area (Å²) in [6.45, 7) is 4.44. The van der Waals surface area contributed by atoms with Crippen molar-refractivity contribution in [2.45, 2.75) is 46.3 Å². The molecule has 1 amide bonds. The standard InChI is InChI=1S/C27H23F4N7O2/c1-3-36-11-22(14(2)35-36)37(10-21-24(28)38-9-16(27(29,30)31)5-7-23(38)33-21)26(39)15-4-6-20-17(8-15)18-12-40-13-19(18)25(32)34-20/h4-9,11H,3,10,12-13H2,1-2H3,(H2,32,34). The maximum Gasteiger partial charge on any atom is 0.417 e. The largest absolute Gasteiger partial charge is 0.417 e. The highest BCUT2D eigenvalue weighted by molar-refractivity contribution is 6.08. The Labute approximate surface area is 224 Å². The number of alkyl halides is 3. The van der Waals surface area contributed by atoms with E-state index in [0.717, 1.165) is 27.7 Å². The van der Waals surface area contributed by atoms with Crippen molar-refractivity contribution in [1.29, 1.82) is 0 Å². The van der Waals surface area contributed by atoms with Crippen LogP contribution in [0, 0.1) is 12.9 Å². The molecule has 40 heavy (non-hydrogen) atoms. The summed E-state index contributed by atoms with van der Waals surface area (Å²) in [5.74, 6) is -1.09. The number of benzene rings is 1. The van der Waals surface area contributed by atoms with Gasteiger partial charge in [-0.2, -0.15) is 22.7 Å². The first-order valence-electron chi connectivity index (χ1n) is 12.4. The molecule has 1 aromatic carbocycles. The summed E-state index contributed by atoms with van der Waals surface area (Å²) < 4.78 is 63.1. The van der Waals surface area contributed by atoms with E-state index >= 15 is 4.39 Å². The maximum atomic E-state index is 15.4. The number of aryl methyl sites for hydroxylation is 2. The number of aromatic nitrogens is 5. The van der Waals surface area contributed by atoms with E-state index in [9.17, 15) is 18.0 Å². The minimum Gasteiger partial charge on any atom is -0.383 e. The molecule has 0 bridgehead atoms. The average molecular weight is 554 g/mol. The minimum absolute atomic E-state index is 0.0150. The molecule has 2 N–H and O–H groups in total. The molecular weight excluding hydrogens is 530 g/mol. The number of fused-ring (bicyclic) bond motifs is 4. The van der Waals surface area contributed by atoms with Crippen LogP contribution in [0.2, 0.25) is 0 Å². The fourth-order valence-corrected chi connectivity index (χ4v) is 4.94. The zero-order valence-electron chi connectivity index (χ0n) is 21.5. The molecule has 9 nitrogen and oxygen atoms in total. The molecule has 0 saturated heterocycles. The molecule has 0 radical (unpaired) electrons. The molecule has 6 rings (SSSR count). The van der Waals surface area contributed by atoms with Gasteiger partial charge in [0.05, 0.1) is 42.2 Å². The Bertz CT molecular complexity index is 1810. The van der Waals surface area contributed by atoms with Gasteiger partial charge < -0.3 is 10.5 Å². The van der Waals surface area contributed by atoms with Crippen LogP contribution in [-0.2, 0) is 37.2 Å². The van der Waals surface area contributed by atoms with Gasteiger partial charge in [0, 0.05) is 35.5 Å². The molecule has 0 atom stereocenters. The van der Waals surface area contributed by atoms with E-state index in [0.29, 0.717) is 59.6 Å². The van der Waals surface area contributed by atoms with Crippen molar-refractivity contribution in [1.82, 2.24) is 24.1 Å². The van der Waals surface area contributed by atoms with Crippen LogP contribution in [0.3, 0.4) is 0 Å². The van der Waals surface area contributed by atoms with E-state index in [2.05, 4.69) is 15.1 Å². The van der Waals surface area contributed by atoms with E-state index in [4.69, 9.17) is 10.5 Å². The summed E-state index contributed by atoms with van der Waals surface area (Å²) in [6.07, 6.45) is -2.34. The SMILES string of the molecule is CCn1cc(N(Cc2nc3ccc(C(F)(F)F)cn3c2F)C(=O)c2ccc3nc(N)c4c(c3c2)COC4)c(C)n1. The Kier molecular flexibility index (Phi) is 5.98. The van der Waals surface area contributed by atoms with Gasteiger partial charge in [-0.3, -0.25) is 18.8 Å². The first-order valence-corrected chi connectivity index (χ1v) is 12.4. The minimum atomic E-state index is -4.65. The van der Waals surface area contributed by atoms with Gasteiger partial charge in [-0.15, -0.1) is 0 Å². The number of hydrogen-bond acceptors (Lipinski definition) is 6. The summed E-state index contributed by atoms with van der Waals surface area (Å²) >= 11 is 0. The van der Waals surface area contributed by atoms with Gasteiger partial charge in [0.15, 0.2) is 0 Å². The zero-order valence-corrected chi connectivity index (χ0v) is 21.5. The third kappa shape index (κ3) is 4.22. The van der Waals surface area contributed by atoms with Crippen molar-refractivity contribution in [3.63, 3.8) is 0 Å². The molecule has 0 fully saturated rings. The Morgan fingerprint density at radius 1 is 1.12 bits per heavy atom. The fraction of sp³-hybridized carbons (Fsp3) is 0.259. The second-order valence-corrected chi connectivity index (χ2v) is 9.52. The fourth-order valence-electron chi connectivity index (χ4n) is 4.94. The molecular formula is C27H23F4N7O2. The van der Waals surface area contributed by atoms with Crippen LogP contribution in [0.1, 0.15) is 45.4 Å². The number of amides is 1. The van der Waals surface area contributed by atoms with Crippen LogP contribution in [0.15, 0.2) is 42.7 Å². The van der Waals surface area contributed by atoms with Crippen LogP contribution < -0.4 is 10.6 Å². The third-order valence-electron chi connectivity index (χ3n) is 7.02. The van der Waals surface area contributed by atoms with Crippen LogP contribution >= 0.6 is 0 Å². The molecule has 0 unspecified atom stereocenters. The van der Waals surface area contributed by atoms with Crippen molar-refractivity contribution in [3.8, 4) is 0 Å². The lowest BCUT2D eigenvalue weighted by atomic mass is 10.0. The molecule has 206 valence electrons. The lowest BCUT2D eigenvalue weighted by molar-refractivity contribution is -0.137. The zero-order chi connectivity index (χ0) is 28.3. The molecule has 4 aromatic heterocycles. The summed E-state index contributed by atoms with van der Waals surface area (Å²) in [5.41, 5.74) is 8.31. The van der Waals surface area contributed by atoms with Gasteiger partial charge in [0.1, 0.15) is 17.2 Å². The molecule has 0 spiro atoms. The molecule has 1 aliphatic rings. The number of imidazole rings is 1. The second-order valence-electron chi connectivity index (χ2n) is 9.52. The molecule has 1 aliphatic heterocycles. The highest BCUT2D eigenvalue weighted by Crippen LogP contribution is 2.33. The van der Waals surface area contributed by atoms with Crippen LogP contribution in [0.5, 0.6) is 0 Å². The van der Waals surface area contributed by atoms with E-state index in [1.807, 2.05) is 6.92 Å². The van der Waals surface area contributed by atoms with Crippen molar-refractivity contribution in [2.24, 2.45) is 0 Å². The normalized spacial score (nSPS) is 13.3. The second kappa shape index (κ2) is 9.30. The number of ether oxygens (including phenoxy) is 1. The summed E-state index contributed by atoms with van der Waals surface area (Å²) in [4.78, 5) is 24.0. The number of rotatable bonds is 5. The van der Waals surface area contributed by atoms with E-state index in [1.165, 1.54) is 4.90 Å². The van der Waals surface area contributed by atoms with Crippen molar-refractivity contribution >= 4 is 34.0 Å². The van der Waals surface area contributed by atoms with E-state index in [-0.39, 0.29) is 17.9 Å². The Balaban J connectivity index is 1.45. The van der Waals surface area contributed by atoms with E-state index in [1.54, 1.807) is 36.0 Å². The third-order valence-corrected chi connectivity index (χ3v) is 7.02. The highest BCUT2D eigenvalue weighted by atomic mass is 19.4. The molecule has 0 saturated carbocycles. The highest BCUT2D eigenvalue weighted by Gasteiger charge is 2.32. The monoisotopic (exact) mass is 553 g/mol. The molecule has 5 heterocycles. The number of nitrogen functional groups attached to an aromatic ring is 1. The maximum absolute atomic E-state index is 15.4. The van der Waals surface area contributed by atoms with Crippen LogP contribution in [0.25, 0.3) is 16.6 Å². The lowest BCUT2D eigenvalue weighted by Gasteiger charge is -2.22. The predicted molar refractivity (Wildman–Crippen MR) is 138 cm³/mol. The first kappa shape index (κ1) is 25.7. The number of pyridine rings is 2. The number of halogens is 4. The summed E-state index contributed by atoms with van der Waals surface area (Å²) in [5, 5.41) is 5.13. The molecule has 13 heteroatoms. The number of hydrogen-bond donors (Lipinski definition) is 1. The van der Waals surface area contributed by atoms with E-state index < -0.39 is 23.6 Å². The first-order chi connectivity index (χ1) is 19.0. The Morgan fingerprint density at radius 3 is 2.62 bits per heavy atom. The van der Waals surface area contributed by atoms with Crippen molar-refractivity contribution in [3.05, 3.63) is 82.3 Å². The Hall–Kier alpha value is -4.52. The number of nitrogens with two attached hydrogens (primary N) is 1. The molecule has 5 aromatic rings. The van der Waals surface area contributed by atoms with Gasteiger partial charge in [0.25, 0.3) is 5.91 Å². The van der Waals surface area contributed by atoms with Crippen LogP contribution in [0.4, 0.5) is 29.1 Å². The smallest absolute Gasteiger partial charge is 0.383 e. The van der Waals surface area contributed by atoms with Gasteiger partial charge in [0.2, 0.25) is 5.95 Å². The quantitative estimate of drug-likeness (QED) is 0.307. The topological polar surface area (TPSA) is 104 Å². The van der Waals surface area contributed by atoms with Gasteiger partial charge in [-0.25, -0.2) is 9.97 Å².